The highest BCUT2D eigenvalue weighted by molar-refractivity contribution is 7.97. The molecule has 2 aromatic carbocycles. The van der Waals surface area contributed by atoms with Crippen LogP contribution < -0.4 is 9.64 Å². The summed E-state index contributed by atoms with van der Waals surface area (Å²) in [6.45, 7) is 3.49. The highest BCUT2D eigenvalue weighted by Gasteiger charge is 2.52. The van der Waals surface area contributed by atoms with Crippen molar-refractivity contribution in [2.24, 2.45) is 0 Å². The molecule has 41 heavy (non-hydrogen) atoms. The number of aliphatic hydroxyl groups is 1. The van der Waals surface area contributed by atoms with Crippen molar-refractivity contribution in [2.45, 2.75) is 48.1 Å². The molecule has 0 bridgehead atoms. The van der Waals surface area contributed by atoms with E-state index in [9.17, 15) is 14.6 Å². The number of rotatable bonds is 6. The van der Waals surface area contributed by atoms with Gasteiger partial charge in [-0.1, -0.05) is 24.3 Å². The molecular weight excluding hydrogens is 543 g/mol. The number of ether oxygens (including phenoxy) is 1. The molecule has 6 heterocycles. The van der Waals surface area contributed by atoms with Crippen LogP contribution in [0.1, 0.15) is 30.5 Å². The van der Waals surface area contributed by atoms with Gasteiger partial charge in [0.2, 0.25) is 0 Å². The SMILES string of the molecule is CN1Sc2c(nc(OC[C@@]34CCCN3CC(F)C4)nc2N2C(CO)CN3CC32)C=C1c1cc(O)cc2ccccc12. The van der Waals surface area contributed by atoms with Gasteiger partial charge >= 0.3 is 6.01 Å². The maximum Gasteiger partial charge on any atom is 0.319 e. The number of aliphatic hydroxyl groups excluding tert-OH is 1. The van der Waals surface area contributed by atoms with Crippen LogP contribution in [0.25, 0.3) is 22.5 Å². The second kappa shape index (κ2) is 9.45. The number of hydrogen-bond acceptors (Lipinski definition) is 10. The molecule has 0 saturated carbocycles. The van der Waals surface area contributed by atoms with Gasteiger partial charge in [0.1, 0.15) is 18.5 Å². The van der Waals surface area contributed by atoms with Gasteiger partial charge in [-0.25, -0.2) is 4.39 Å². The van der Waals surface area contributed by atoms with E-state index >= 15 is 0 Å². The van der Waals surface area contributed by atoms with Crippen molar-refractivity contribution in [3.63, 3.8) is 0 Å². The molecule has 0 aliphatic carbocycles. The largest absolute Gasteiger partial charge is 0.508 e. The van der Waals surface area contributed by atoms with Crippen LogP contribution in [0.3, 0.4) is 0 Å². The Morgan fingerprint density at radius 1 is 1.17 bits per heavy atom. The first-order valence-electron chi connectivity index (χ1n) is 14.4. The first kappa shape index (κ1) is 25.6. The van der Waals surface area contributed by atoms with E-state index in [4.69, 9.17) is 14.7 Å². The van der Waals surface area contributed by atoms with E-state index in [0.717, 1.165) is 70.9 Å². The van der Waals surface area contributed by atoms with Gasteiger partial charge in [0.15, 0.2) is 5.82 Å². The number of phenolic OH excluding ortho intramolecular Hbond substituents is 1. The number of piperazine rings is 1. The summed E-state index contributed by atoms with van der Waals surface area (Å²) in [5.74, 6) is 0.966. The average Bonchev–Trinajstić information content (AvgIpc) is 3.29. The fourth-order valence-corrected chi connectivity index (χ4v) is 8.31. The molecule has 4 saturated heterocycles. The molecule has 4 fully saturated rings. The number of benzene rings is 2. The normalized spacial score (nSPS) is 30.4. The third-order valence-corrected chi connectivity index (χ3v) is 10.4. The van der Waals surface area contributed by atoms with E-state index in [-0.39, 0.29) is 36.1 Å². The predicted octanol–water partition coefficient (Wildman–Crippen LogP) is 3.56. The second-order valence-electron chi connectivity index (χ2n) is 11.9. The fourth-order valence-electron chi connectivity index (χ4n) is 7.35. The summed E-state index contributed by atoms with van der Waals surface area (Å²) in [4.78, 5) is 17.5. The van der Waals surface area contributed by atoms with E-state index < -0.39 is 6.17 Å². The van der Waals surface area contributed by atoms with Gasteiger partial charge in [-0.05, 0) is 60.3 Å². The molecule has 214 valence electrons. The molecule has 11 heteroatoms. The third kappa shape index (κ3) is 4.16. The molecule has 5 atom stereocenters. The van der Waals surface area contributed by atoms with E-state index in [0.29, 0.717) is 19.6 Å². The topological polar surface area (TPSA) is 88.2 Å². The molecule has 0 amide bonds. The number of hydrogen-bond donors (Lipinski definition) is 2. The minimum atomic E-state index is -0.829. The van der Waals surface area contributed by atoms with Crippen LogP contribution in [-0.4, -0.2) is 105 Å². The van der Waals surface area contributed by atoms with Gasteiger partial charge in [0.25, 0.3) is 0 Å². The molecule has 0 spiro atoms. The summed E-state index contributed by atoms with van der Waals surface area (Å²) in [5.41, 5.74) is 2.26. The van der Waals surface area contributed by atoms with Crippen molar-refractivity contribution in [1.82, 2.24) is 24.1 Å². The zero-order valence-electron chi connectivity index (χ0n) is 22.9. The molecule has 3 aromatic rings. The zero-order valence-corrected chi connectivity index (χ0v) is 23.7. The maximum atomic E-state index is 14.4. The number of anilines is 1. The minimum Gasteiger partial charge on any atom is -0.508 e. The lowest BCUT2D eigenvalue weighted by Crippen LogP contribution is -2.43. The van der Waals surface area contributed by atoms with Crippen LogP contribution in [0.5, 0.6) is 11.8 Å². The second-order valence-corrected chi connectivity index (χ2v) is 13.1. The Hall–Kier alpha value is -3.12. The zero-order chi connectivity index (χ0) is 27.9. The van der Waals surface area contributed by atoms with Gasteiger partial charge in [-0.3, -0.25) is 9.80 Å². The number of aromatic hydroxyl groups is 1. The Balaban J connectivity index is 1.23. The van der Waals surface area contributed by atoms with Crippen molar-refractivity contribution in [3.05, 3.63) is 47.7 Å². The standard InChI is InChI=1S/C30H33FN6O3S/c1-34-25(23-10-21(39)9-18-5-2-3-6-22(18)23)11-24-27(41-34)28(37-20(16-38)14-35-15-26(35)37)33-29(32-24)40-17-30-7-4-8-36(30)13-19(31)12-30/h2-3,5-6,9-11,19-20,26,38-39H,4,7-8,12-17H2,1H3/t19?,20?,26?,30-,35?/m0/s1. The highest BCUT2D eigenvalue weighted by Crippen LogP contribution is 2.48. The van der Waals surface area contributed by atoms with Crippen molar-refractivity contribution < 1.29 is 19.3 Å². The molecule has 8 rings (SSSR count). The molecule has 5 aliphatic rings. The Bertz CT molecular complexity index is 1570. The Kier molecular flexibility index (Phi) is 5.90. The van der Waals surface area contributed by atoms with E-state index in [1.54, 1.807) is 24.1 Å². The predicted molar refractivity (Wildman–Crippen MR) is 156 cm³/mol. The highest BCUT2D eigenvalue weighted by atomic mass is 32.2. The first-order chi connectivity index (χ1) is 19.9. The van der Waals surface area contributed by atoms with Gasteiger partial charge in [0, 0.05) is 38.7 Å². The van der Waals surface area contributed by atoms with Crippen molar-refractivity contribution in [1.29, 1.82) is 0 Å². The third-order valence-electron chi connectivity index (χ3n) is 9.35. The lowest BCUT2D eigenvalue weighted by Gasteiger charge is -2.33. The number of alkyl halides is 1. The lowest BCUT2D eigenvalue weighted by molar-refractivity contribution is 0.107. The summed E-state index contributed by atoms with van der Waals surface area (Å²) in [7, 11) is 2.00. The fraction of sp³-hybridized carbons (Fsp3) is 0.467. The summed E-state index contributed by atoms with van der Waals surface area (Å²) in [6, 6.07) is 11.8. The Labute approximate surface area is 242 Å². The molecular formula is C30H33FN6O3S. The minimum absolute atomic E-state index is 0.0365. The number of nitrogens with zero attached hydrogens (tertiary/aromatic N) is 6. The number of halogens is 1. The summed E-state index contributed by atoms with van der Waals surface area (Å²) < 4.78 is 22.9. The van der Waals surface area contributed by atoms with E-state index in [2.05, 4.69) is 25.1 Å². The van der Waals surface area contributed by atoms with Gasteiger partial charge in [0.05, 0.1) is 40.6 Å². The smallest absolute Gasteiger partial charge is 0.319 e. The van der Waals surface area contributed by atoms with E-state index in [1.165, 1.54) is 0 Å². The number of fused-ring (bicyclic) bond motifs is 4. The molecule has 9 nitrogen and oxygen atoms in total. The van der Waals surface area contributed by atoms with Crippen LogP contribution in [0.2, 0.25) is 0 Å². The molecule has 1 aromatic heterocycles. The summed E-state index contributed by atoms with van der Waals surface area (Å²) >= 11 is 1.55. The molecule has 4 unspecified atom stereocenters. The van der Waals surface area contributed by atoms with Crippen LogP contribution in [-0.2, 0) is 0 Å². The Morgan fingerprint density at radius 2 is 2.05 bits per heavy atom. The monoisotopic (exact) mass is 576 g/mol. The van der Waals surface area contributed by atoms with Gasteiger partial charge < -0.3 is 24.2 Å². The number of aromatic nitrogens is 2. The summed E-state index contributed by atoms with van der Waals surface area (Å²) in [5, 5.41) is 22.8. The number of phenols is 1. The maximum absolute atomic E-state index is 14.4. The van der Waals surface area contributed by atoms with Crippen LogP contribution in [0, 0.1) is 0 Å². The van der Waals surface area contributed by atoms with Gasteiger partial charge in [-0.2, -0.15) is 9.97 Å². The molecule has 5 aliphatic heterocycles. The van der Waals surface area contributed by atoms with Crippen LogP contribution in [0.15, 0.2) is 41.3 Å². The van der Waals surface area contributed by atoms with Crippen LogP contribution >= 0.6 is 11.9 Å². The lowest BCUT2D eigenvalue weighted by atomic mass is 9.95. The summed E-state index contributed by atoms with van der Waals surface area (Å²) in [6.07, 6.45) is 3.85. The van der Waals surface area contributed by atoms with Crippen LogP contribution in [0.4, 0.5) is 10.2 Å². The quantitative estimate of drug-likeness (QED) is 0.336. The Morgan fingerprint density at radius 3 is 2.93 bits per heavy atom. The van der Waals surface area contributed by atoms with Crippen molar-refractivity contribution in [2.75, 3.05) is 51.3 Å². The molecule has 0 radical (unpaired) electrons. The van der Waals surface area contributed by atoms with Crippen molar-refractivity contribution >= 4 is 40.3 Å². The average molecular weight is 577 g/mol. The van der Waals surface area contributed by atoms with Crippen molar-refractivity contribution in [3.8, 4) is 11.8 Å². The molecule has 2 N–H and O–H groups in total. The van der Waals surface area contributed by atoms with E-state index in [1.807, 2.05) is 31.3 Å². The first-order valence-corrected chi connectivity index (χ1v) is 15.1. The van der Waals surface area contributed by atoms with Gasteiger partial charge in [-0.15, -0.1) is 0 Å².